The van der Waals surface area contributed by atoms with Crippen LogP contribution >= 0.6 is 50.7 Å². The quantitative estimate of drug-likeness (QED) is 0.516. The molecule has 1 aromatic rings. The number of hydrogen-bond acceptors (Lipinski definition) is 0. The Morgan fingerprint density at radius 1 is 1.32 bits per heavy atom. The topological polar surface area (TPSA) is 3.01 Å². The molecule has 0 spiro atoms. The second-order valence-corrected chi connectivity index (χ2v) is 7.64. The van der Waals surface area contributed by atoms with Crippen LogP contribution in [0.1, 0.15) is 25.8 Å². The van der Waals surface area contributed by atoms with Gasteiger partial charge in [-0.25, -0.2) is 4.58 Å². The molecule has 1 aliphatic rings. The van der Waals surface area contributed by atoms with Gasteiger partial charge in [-0.1, -0.05) is 50.7 Å². The molecule has 1 aromatic carbocycles. The molecule has 1 unspecified atom stereocenters. The second kappa shape index (κ2) is 5.93. The van der Waals surface area contributed by atoms with Gasteiger partial charge < -0.3 is 0 Å². The summed E-state index contributed by atoms with van der Waals surface area (Å²) in [5.41, 5.74) is 2.01. The molecule has 1 nitrogen and oxygen atoms in total. The fourth-order valence-corrected chi connectivity index (χ4v) is 4.08. The number of hydrogen-bond donors (Lipinski definition) is 0. The summed E-state index contributed by atoms with van der Waals surface area (Å²) in [6.45, 7) is 4.31. The number of alkyl halides is 3. The van der Waals surface area contributed by atoms with Gasteiger partial charge in [0, 0.05) is 10.6 Å². The third-order valence-corrected chi connectivity index (χ3v) is 5.01. The van der Waals surface area contributed by atoms with E-state index in [0.717, 1.165) is 23.0 Å². The number of benzene rings is 1. The maximum Gasteiger partial charge on any atom is 0.220 e. The van der Waals surface area contributed by atoms with Crippen molar-refractivity contribution >= 4 is 56.4 Å². The molecule has 0 radical (unpaired) electrons. The zero-order valence-electron chi connectivity index (χ0n) is 10.8. The molecule has 1 atom stereocenters. The predicted octanol–water partition coefficient (Wildman–Crippen LogP) is 4.89. The van der Waals surface area contributed by atoms with E-state index in [4.69, 9.17) is 34.8 Å². The molecule has 104 valence electrons. The van der Waals surface area contributed by atoms with Crippen molar-refractivity contribution in [2.45, 2.75) is 36.7 Å². The van der Waals surface area contributed by atoms with Crippen LogP contribution in [0.4, 0.5) is 0 Å². The zero-order valence-corrected chi connectivity index (χ0v) is 14.7. The molecular weight excluding hydrogens is 368 g/mol. The Bertz CT molecular complexity index is 494. The van der Waals surface area contributed by atoms with Gasteiger partial charge in [-0.3, -0.25) is 0 Å². The number of rotatable bonds is 3. The highest BCUT2D eigenvalue weighted by atomic mass is 79.9. The molecule has 0 saturated carbocycles. The lowest BCUT2D eigenvalue weighted by atomic mass is 10.1. The average molecular weight is 385 g/mol. The first-order valence-electron chi connectivity index (χ1n) is 6.22. The van der Waals surface area contributed by atoms with E-state index in [2.05, 4.69) is 34.4 Å². The maximum atomic E-state index is 6.55. The predicted molar refractivity (Wildman–Crippen MR) is 87.6 cm³/mol. The lowest BCUT2D eigenvalue weighted by Crippen LogP contribution is -2.33. The van der Waals surface area contributed by atoms with Crippen LogP contribution < -0.4 is 0 Å². The van der Waals surface area contributed by atoms with Crippen molar-refractivity contribution in [2.75, 3.05) is 5.33 Å². The zero-order chi connectivity index (χ0) is 14.2. The molecule has 1 aliphatic heterocycles. The van der Waals surface area contributed by atoms with Gasteiger partial charge in [0.15, 0.2) is 6.04 Å². The first-order valence-corrected chi connectivity index (χ1v) is 8.48. The second-order valence-electron chi connectivity index (χ2n) is 5.07. The lowest BCUT2D eigenvalue weighted by molar-refractivity contribution is -0.581. The van der Waals surface area contributed by atoms with Gasteiger partial charge in [-0.05, 0) is 38.1 Å². The molecule has 0 aromatic heterocycles. The van der Waals surface area contributed by atoms with E-state index in [1.54, 1.807) is 0 Å². The monoisotopic (exact) mass is 382 g/mol. The molecule has 0 fully saturated rings. The molecule has 0 N–H and O–H groups in total. The van der Waals surface area contributed by atoms with E-state index in [1.165, 1.54) is 0 Å². The smallest absolute Gasteiger partial charge is 0.220 e. The summed E-state index contributed by atoms with van der Waals surface area (Å²) in [7, 11) is 0. The Kier molecular flexibility index (Phi) is 4.88. The van der Waals surface area contributed by atoms with Crippen LogP contribution in [0, 0.1) is 0 Å². The van der Waals surface area contributed by atoms with Gasteiger partial charge in [-0.2, -0.15) is 0 Å². The van der Waals surface area contributed by atoms with Gasteiger partial charge in [0.1, 0.15) is 6.04 Å². The van der Waals surface area contributed by atoms with Crippen LogP contribution in [-0.4, -0.2) is 32.0 Å². The Morgan fingerprint density at radius 2 is 1.89 bits per heavy atom. The van der Waals surface area contributed by atoms with Gasteiger partial charge in [0.2, 0.25) is 10.0 Å². The Balaban J connectivity index is 2.58. The van der Waals surface area contributed by atoms with E-state index >= 15 is 0 Å². The van der Waals surface area contributed by atoms with Crippen LogP contribution in [0.5, 0.6) is 0 Å². The molecular formula is C14H16BrCl3N+. The maximum absolute atomic E-state index is 6.55. The highest BCUT2D eigenvalue weighted by molar-refractivity contribution is 9.09. The van der Waals surface area contributed by atoms with E-state index in [9.17, 15) is 0 Å². The summed E-state index contributed by atoms with van der Waals surface area (Å²) in [5.74, 6) is 0. The van der Waals surface area contributed by atoms with Gasteiger partial charge >= 0.3 is 0 Å². The first kappa shape index (κ1) is 15.6. The van der Waals surface area contributed by atoms with Crippen molar-refractivity contribution in [3.8, 4) is 0 Å². The van der Waals surface area contributed by atoms with E-state index in [1.807, 2.05) is 24.3 Å². The SMILES string of the molecule is CC(C)[N+]1=C(c2ccc(Cl)cc2)C(Cl)(Cl)CC1CBr. The highest BCUT2D eigenvalue weighted by Crippen LogP contribution is 2.39. The van der Waals surface area contributed by atoms with Crippen molar-refractivity contribution < 1.29 is 4.58 Å². The molecule has 1 heterocycles. The van der Waals surface area contributed by atoms with Crippen LogP contribution in [-0.2, 0) is 0 Å². The fourth-order valence-electron chi connectivity index (χ4n) is 2.64. The molecule has 5 heteroatoms. The summed E-state index contributed by atoms with van der Waals surface area (Å²) in [4.78, 5) is 0. The Morgan fingerprint density at radius 3 is 2.37 bits per heavy atom. The molecule has 2 rings (SSSR count). The van der Waals surface area contributed by atoms with Crippen molar-refractivity contribution in [3.63, 3.8) is 0 Å². The van der Waals surface area contributed by atoms with Gasteiger partial charge in [0.25, 0.3) is 0 Å². The van der Waals surface area contributed by atoms with Crippen LogP contribution in [0.25, 0.3) is 0 Å². The van der Waals surface area contributed by atoms with E-state index in [0.29, 0.717) is 17.1 Å². The molecule has 0 aliphatic carbocycles. The van der Waals surface area contributed by atoms with Gasteiger partial charge in [-0.15, -0.1) is 0 Å². The van der Waals surface area contributed by atoms with Crippen LogP contribution in [0.15, 0.2) is 24.3 Å². The van der Waals surface area contributed by atoms with Crippen LogP contribution in [0.3, 0.4) is 0 Å². The summed E-state index contributed by atoms with van der Waals surface area (Å²) in [6, 6.07) is 8.33. The van der Waals surface area contributed by atoms with Crippen molar-refractivity contribution in [3.05, 3.63) is 34.9 Å². The first-order chi connectivity index (χ1) is 8.86. The standard InChI is InChI=1S/C14H16BrCl3N/c1-9(2)19-12(8-15)7-14(17,18)13(19)10-3-5-11(16)6-4-10/h3-6,9,12H,7-8H2,1-2H3/q+1. The minimum Gasteiger partial charge on any atom is -0.225 e. The minimum atomic E-state index is -0.851. The molecule has 19 heavy (non-hydrogen) atoms. The fraction of sp³-hybridized carbons (Fsp3) is 0.500. The number of nitrogens with zero attached hydrogens (tertiary/aromatic N) is 1. The van der Waals surface area contributed by atoms with Crippen molar-refractivity contribution in [2.24, 2.45) is 0 Å². The van der Waals surface area contributed by atoms with Gasteiger partial charge in [0.05, 0.1) is 11.8 Å². The van der Waals surface area contributed by atoms with Crippen LogP contribution in [0.2, 0.25) is 5.02 Å². The largest absolute Gasteiger partial charge is 0.225 e. The normalized spacial score (nSPS) is 22.4. The molecule has 0 saturated heterocycles. The summed E-state index contributed by atoms with van der Waals surface area (Å²) < 4.78 is 1.45. The summed E-state index contributed by atoms with van der Waals surface area (Å²) in [6.07, 6.45) is 0.720. The average Bonchev–Trinajstić information content (AvgIpc) is 2.61. The minimum absolute atomic E-state index is 0.306. The summed E-state index contributed by atoms with van der Waals surface area (Å²) >= 11 is 22.6. The Labute approximate surface area is 137 Å². The van der Waals surface area contributed by atoms with E-state index < -0.39 is 4.33 Å². The third-order valence-electron chi connectivity index (χ3n) is 3.34. The van der Waals surface area contributed by atoms with Crippen molar-refractivity contribution in [1.82, 2.24) is 0 Å². The third kappa shape index (κ3) is 3.12. The van der Waals surface area contributed by atoms with Crippen molar-refractivity contribution in [1.29, 1.82) is 0 Å². The summed E-state index contributed by atoms with van der Waals surface area (Å²) in [5, 5.41) is 1.56. The molecule has 0 amide bonds. The highest BCUT2D eigenvalue weighted by Gasteiger charge is 2.51. The van der Waals surface area contributed by atoms with E-state index in [-0.39, 0.29) is 0 Å². The number of halogens is 4. The molecule has 0 bridgehead atoms. The lowest BCUT2D eigenvalue weighted by Gasteiger charge is -2.13. The Hall–Kier alpha value is 0.240.